The lowest BCUT2D eigenvalue weighted by Crippen LogP contribution is -2.05. The van der Waals surface area contributed by atoms with Crippen molar-refractivity contribution in [1.82, 2.24) is 4.98 Å². The summed E-state index contributed by atoms with van der Waals surface area (Å²) in [4.78, 5) is 4.35. The number of thiazole rings is 1. The normalized spacial score (nSPS) is 11.6. The van der Waals surface area contributed by atoms with Crippen molar-refractivity contribution in [3.63, 3.8) is 0 Å². The quantitative estimate of drug-likeness (QED) is 0.730. The highest BCUT2D eigenvalue weighted by atomic mass is 32.1. The standard InChI is InChI=1S/C15H11F3N2OS/c1-21-11-5-6-12-13(8-11)22-14(20-12)19-10-4-2-3-9(7-10)15(16,17)18/h2-8H,1H3,(H,19,20). The molecule has 3 aromatic rings. The summed E-state index contributed by atoms with van der Waals surface area (Å²) in [5, 5.41) is 3.44. The number of nitrogens with zero attached hydrogens (tertiary/aromatic N) is 1. The lowest BCUT2D eigenvalue weighted by Gasteiger charge is -2.08. The average molecular weight is 324 g/mol. The van der Waals surface area contributed by atoms with Crippen molar-refractivity contribution in [2.45, 2.75) is 6.18 Å². The number of hydrogen-bond donors (Lipinski definition) is 1. The van der Waals surface area contributed by atoms with Gasteiger partial charge in [0.05, 0.1) is 22.9 Å². The van der Waals surface area contributed by atoms with E-state index in [0.717, 1.165) is 22.3 Å². The van der Waals surface area contributed by atoms with Crippen molar-refractivity contribution in [2.24, 2.45) is 0 Å². The summed E-state index contributed by atoms with van der Waals surface area (Å²) in [6.07, 6.45) is -4.36. The van der Waals surface area contributed by atoms with Crippen molar-refractivity contribution in [1.29, 1.82) is 0 Å². The number of anilines is 2. The van der Waals surface area contributed by atoms with E-state index < -0.39 is 11.7 Å². The number of methoxy groups -OCH3 is 1. The largest absolute Gasteiger partial charge is 0.497 e. The Balaban J connectivity index is 1.90. The van der Waals surface area contributed by atoms with E-state index in [-0.39, 0.29) is 0 Å². The highest BCUT2D eigenvalue weighted by Crippen LogP contribution is 2.33. The van der Waals surface area contributed by atoms with Gasteiger partial charge in [0.25, 0.3) is 0 Å². The summed E-state index contributed by atoms with van der Waals surface area (Å²) >= 11 is 1.35. The predicted molar refractivity (Wildman–Crippen MR) is 80.9 cm³/mol. The maximum Gasteiger partial charge on any atom is 0.416 e. The molecular weight excluding hydrogens is 313 g/mol. The summed E-state index contributed by atoms with van der Waals surface area (Å²) in [5.74, 6) is 0.710. The molecule has 3 rings (SSSR count). The monoisotopic (exact) mass is 324 g/mol. The fourth-order valence-electron chi connectivity index (χ4n) is 1.98. The van der Waals surface area contributed by atoms with Crippen molar-refractivity contribution < 1.29 is 17.9 Å². The van der Waals surface area contributed by atoms with Gasteiger partial charge in [-0.15, -0.1) is 0 Å². The molecule has 1 aromatic heterocycles. The molecule has 0 radical (unpaired) electrons. The number of hydrogen-bond acceptors (Lipinski definition) is 4. The predicted octanol–water partition coefficient (Wildman–Crippen LogP) is 5.07. The molecule has 7 heteroatoms. The Kier molecular flexibility index (Phi) is 3.66. The van der Waals surface area contributed by atoms with Gasteiger partial charge >= 0.3 is 6.18 Å². The first-order chi connectivity index (χ1) is 10.5. The molecule has 0 aliphatic heterocycles. The molecule has 1 N–H and O–H groups in total. The second-order valence-electron chi connectivity index (χ2n) is 4.56. The first-order valence-corrected chi connectivity index (χ1v) is 7.16. The number of ether oxygens (including phenoxy) is 1. The summed E-state index contributed by atoms with van der Waals surface area (Å²) in [6.45, 7) is 0. The third-order valence-electron chi connectivity index (χ3n) is 3.04. The van der Waals surface area contributed by atoms with Gasteiger partial charge in [-0.05, 0) is 36.4 Å². The summed E-state index contributed by atoms with van der Waals surface area (Å²) < 4.78 is 44.1. The minimum atomic E-state index is -4.36. The average Bonchev–Trinajstić information content (AvgIpc) is 2.87. The third kappa shape index (κ3) is 2.99. The number of benzene rings is 2. The molecule has 0 saturated heterocycles. The Hall–Kier alpha value is -2.28. The molecule has 3 nitrogen and oxygen atoms in total. The maximum atomic E-state index is 12.7. The van der Waals surface area contributed by atoms with Crippen LogP contribution in [0, 0.1) is 0 Å². The molecule has 0 saturated carbocycles. The Morgan fingerprint density at radius 2 is 1.95 bits per heavy atom. The van der Waals surface area contributed by atoms with Gasteiger partial charge in [-0.25, -0.2) is 4.98 Å². The topological polar surface area (TPSA) is 34.1 Å². The zero-order valence-electron chi connectivity index (χ0n) is 11.4. The third-order valence-corrected chi connectivity index (χ3v) is 3.97. The van der Waals surface area contributed by atoms with Crippen molar-refractivity contribution >= 4 is 32.4 Å². The highest BCUT2D eigenvalue weighted by Gasteiger charge is 2.30. The second kappa shape index (κ2) is 5.49. The van der Waals surface area contributed by atoms with Crippen LogP contribution in [0.4, 0.5) is 24.0 Å². The molecule has 0 aliphatic rings. The number of halogens is 3. The Morgan fingerprint density at radius 3 is 2.68 bits per heavy atom. The second-order valence-corrected chi connectivity index (χ2v) is 5.59. The van der Waals surface area contributed by atoms with Crippen LogP contribution in [0.2, 0.25) is 0 Å². The van der Waals surface area contributed by atoms with Gasteiger partial charge in [-0.3, -0.25) is 0 Å². The lowest BCUT2D eigenvalue weighted by atomic mass is 10.2. The van der Waals surface area contributed by atoms with Crippen LogP contribution in [0.15, 0.2) is 42.5 Å². The van der Waals surface area contributed by atoms with Crippen LogP contribution in [0.1, 0.15) is 5.56 Å². The summed E-state index contributed by atoms with van der Waals surface area (Å²) in [6, 6.07) is 10.5. The Labute approximate surface area is 128 Å². The number of rotatable bonds is 3. The summed E-state index contributed by atoms with van der Waals surface area (Å²) in [7, 11) is 1.57. The number of nitrogens with one attached hydrogen (secondary N) is 1. The van der Waals surface area contributed by atoms with Crippen LogP contribution in [0.25, 0.3) is 10.2 Å². The number of aromatic nitrogens is 1. The van der Waals surface area contributed by atoms with E-state index in [1.165, 1.54) is 17.4 Å². The molecule has 0 unspecified atom stereocenters. The van der Waals surface area contributed by atoms with Gasteiger partial charge in [0, 0.05) is 5.69 Å². The molecule has 0 aliphatic carbocycles. The van der Waals surface area contributed by atoms with Crippen molar-refractivity contribution in [2.75, 3.05) is 12.4 Å². The van der Waals surface area contributed by atoms with E-state index in [2.05, 4.69) is 10.3 Å². The van der Waals surface area contributed by atoms with E-state index in [0.29, 0.717) is 16.6 Å². The molecule has 0 atom stereocenters. The van der Waals surface area contributed by atoms with Crippen LogP contribution in [-0.4, -0.2) is 12.1 Å². The van der Waals surface area contributed by atoms with Crippen LogP contribution < -0.4 is 10.1 Å². The van der Waals surface area contributed by atoms with Gasteiger partial charge in [0.1, 0.15) is 5.75 Å². The first kappa shape index (κ1) is 14.6. The van der Waals surface area contributed by atoms with E-state index in [4.69, 9.17) is 4.74 Å². The molecule has 0 amide bonds. The Bertz CT molecular complexity index is 814. The van der Waals surface area contributed by atoms with E-state index in [1.54, 1.807) is 19.2 Å². The smallest absolute Gasteiger partial charge is 0.416 e. The molecule has 2 aromatic carbocycles. The van der Waals surface area contributed by atoms with E-state index in [9.17, 15) is 13.2 Å². The molecule has 0 spiro atoms. The zero-order valence-corrected chi connectivity index (χ0v) is 12.3. The summed E-state index contributed by atoms with van der Waals surface area (Å²) in [5.41, 5.74) is 0.418. The lowest BCUT2D eigenvalue weighted by molar-refractivity contribution is -0.137. The van der Waals surface area contributed by atoms with Gasteiger partial charge < -0.3 is 10.1 Å². The Morgan fingerprint density at radius 1 is 1.14 bits per heavy atom. The fraction of sp³-hybridized carbons (Fsp3) is 0.133. The molecule has 0 fully saturated rings. The van der Waals surface area contributed by atoms with Gasteiger partial charge in [-0.2, -0.15) is 13.2 Å². The minimum absolute atomic E-state index is 0.348. The van der Waals surface area contributed by atoms with Crippen molar-refractivity contribution in [3.05, 3.63) is 48.0 Å². The molecule has 22 heavy (non-hydrogen) atoms. The first-order valence-electron chi connectivity index (χ1n) is 6.34. The molecule has 114 valence electrons. The molecular formula is C15H11F3N2OS. The van der Waals surface area contributed by atoms with Crippen LogP contribution in [0.5, 0.6) is 5.75 Å². The van der Waals surface area contributed by atoms with Crippen LogP contribution in [-0.2, 0) is 6.18 Å². The van der Waals surface area contributed by atoms with Gasteiger partial charge in [0.2, 0.25) is 0 Å². The fourth-order valence-corrected chi connectivity index (χ4v) is 2.90. The van der Waals surface area contributed by atoms with Crippen LogP contribution in [0.3, 0.4) is 0 Å². The zero-order chi connectivity index (χ0) is 15.7. The molecule has 1 heterocycles. The van der Waals surface area contributed by atoms with Crippen LogP contribution >= 0.6 is 11.3 Å². The number of alkyl halides is 3. The van der Waals surface area contributed by atoms with Gasteiger partial charge in [0.15, 0.2) is 5.13 Å². The van der Waals surface area contributed by atoms with Gasteiger partial charge in [-0.1, -0.05) is 17.4 Å². The van der Waals surface area contributed by atoms with Crippen molar-refractivity contribution in [3.8, 4) is 5.75 Å². The highest BCUT2D eigenvalue weighted by molar-refractivity contribution is 7.22. The minimum Gasteiger partial charge on any atom is -0.497 e. The van der Waals surface area contributed by atoms with E-state index in [1.807, 2.05) is 12.1 Å². The molecule has 0 bridgehead atoms. The number of fused-ring (bicyclic) bond motifs is 1. The maximum absolute atomic E-state index is 12.7. The van der Waals surface area contributed by atoms with E-state index >= 15 is 0 Å². The SMILES string of the molecule is COc1ccc2nc(Nc3cccc(C(F)(F)F)c3)sc2c1.